The molecular formula is C16H32N4O. The van der Waals surface area contributed by atoms with Crippen molar-refractivity contribution in [2.75, 3.05) is 66.0 Å². The van der Waals surface area contributed by atoms with Gasteiger partial charge >= 0.3 is 0 Å². The van der Waals surface area contributed by atoms with Crippen LogP contribution in [0.2, 0.25) is 0 Å². The Kier molecular flexibility index (Phi) is 5.63. The highest BCUT2D eigenvalue weighted by Crippen LogP contribution is 2.19. The summed E-state index contributed by atoms with van der Waals surface area (Å²) in [6.45, 7) is 16.3. The molecule has 5 heteroatoms. The SMILES string of the molecule is CCC(=O)N1CCN(CC(C)(C)N2CCN(C)CC2)CC1. The van der Waals surface area contributed by atoms with Crippen molar-refractivity contribution in [2.45, 2.75) is 32.7 Å². The van der Waals surface area contributed by atoms with E-state index in [9.17, 15) is 4.79 Å². The molecule has 0 atom stereocenters. The third-order valence-corrected chi connectivity index (χ3v) is 5.00. The van der Waals surface area contributed by atoms with E-state index in [0.29, 0.717) is 12.3 Å². The Morgan fingerprint density at radius 2 is 1.52 bits per heavy atom. The van der Waals surface area contributed by atoms with Gasteiger partial charge in [0, 0.05) is 70.9 Å². The summed E-state index contributed by atoms with van der Waals surface area (Å²) in [5.41, 5.74) is 0.220. The molecule has 0 unspecified atom stereocenters. The maximum Gasteiger partial charge on any atom is 0.222 e. The second-order valence-corrected chi connectivity index (χ2v) is 7.11. The van der Waals surface area contributed by atoms with Crippen molar-refractivity contribution in [3.63, 3.8) is 0 Å². The summed E-state index contributed by atoms with van der Waals surface area (Å²) in [7, 11) is 2.20. The summed E-state index contributed by atoms with van der Waals surface area (Å²) >= 11 is 0. The van der Waals surface area contributed by atoms with Gasteiger partial charge in [-0.05, 0) is 20.9 Å². The van der Waals surface area contributed by atoms with Crippen molar-refractivity contribution in [2.24, 2.45) is 0 Å². The van der Waals surface area contributed by atoms with Gasteiger partial charge in [-0.3, -0.25) is 14.6 Å². The molecule has 0 radical (unpaired) electrons. The maximum absolute atomic E-state index is 11.7. The van der Waals surface area contributed by atoms with Crippen molar-refractivity contribution in [3.8, 4) is 0 Å². The lowest BCUT2D eigenvalue weighted by atomic mass is 10.00. The highest BCUT2D eigenvalue weighted by atomic mass is 16.2. The molecule has 2 aliphatic heterocycles. The average molecular weight is 296 g/mol. The average Bonchev–Trinajstić information content (AvgIpc) is 2.47. The van der Waals surface area contributed by atoms with Gasteiger partial charge in [0.2, 0.25) is 5.91 Å². The van der Waals surface area contributed by atoms with Crippen LogP contribution in [-0.2, 0) is 4.79 Å². The molecule has 0 bridgehead atoms. The van der Waals surface area contributed by atoms with Crippen LogP contribution in [0, 0.1) is 0 Å². The molecule has 2 fully saturated rings. The predicted octanol–water partition coefficient (Wildman–Crippen LogP) is 0.567. The minimum atomic E-state index is 0.220. The number of carbonyl (C=O) groups excluding carboxylic acids is 1. The van der Waals surface area contributed by atoms with E-state index in [1.165, 1.54) is 13.1 Å². The number of hydrogen-bond donors (Lipinski definition) is 0. The Morgan fingerprint density at radius 3 is 2.05 bits per heavy atom. The van der Waals surface area contributed by atoms with E-state index in [0.717, 1.165) is 45.8 Å². The monoisotopic (exact) mass is 296 g/mol. The van der Waals surface area contributed by atoms with Crippen LogP contribution < -0.4 is 0 Å². The first-order valence-electron chi connectivity index (χ1n) is 8.36. The summed E-state index contributed by atoms with van der Waals surface area (Å²) in [5, 5.41) is 0. The van der Waals surface area contributed by atoms with Gasteiger partial charge in [-0.15, -0.1) is 0 Å². The van der Waals surface area contributed by atoms with Crippen molar-refractivity contribution in [1.82, 2.24) is 19.6 Å². The molecular weight excluding hydrogens is 264 g/mol. The lowest BCUT2D eigenvalue weighted by molar-refractivity contribution is -0.132. The van der Waals surface area contributed by atoms with Crippen molar-refractivity contribution >= 4 is 5.91 Å². The number of amides is 1. The summed E-state index contributed by atoms with van der Waals surface area (Å²) in [5.74, 6) is 0.299. The fourth-order valence-corrected chi connectivity index (χ4v) is 3.44. The van der Waals surface area contributed by atoms with Crippen LogP contribution in [-0.4, -0.2) is 97.0 Å². The zero-order valence-corrected chi connectivity index (χ0v) is 14.3. The van der Waals surface area contributed by atoms with Gasteiger partial charge in [-0.2, -0.15) is 0 Å². The molecule has 5 nitrogen and oxygen atoms in total. The zero-order chi connectivity index (χ0) is 15.5. The van der Waals surface area contributed by atoms with Gasteiger partial charge in [-0.1, -0.05) is 6.92 Å². The molecule has 21 heavy (non-hydrogen) atoms. The number of hydrogen-bond acceptors (Lipinski definition) is 4. The van der Waals surface area contributed by atoms with E-state index in [1.807, 2.05) is 11.8 Å². The van der Waals surface area contributed by atoms with E-state index in [1.54, 1.807) is 0 Å². The summed E-state index contributed by atoms with van der Waals surface area (Å²) in [4.78, 5) is 21.3. The lowest BCUT2D eigenvalue weighted by Gasteiger charge is -2.46. The molecule has 0 aliphatic carbocycles. The maximum atomic E-state index is 11.7. The first-order chi connectivity index (χ1) is 9.92. The van der Waals surface area contributed by atoms with Crippen LogP contribution in [0.5, 0.6) is 0 Å². The minimum Gasteiger partial charge on any atom is -0.340 e. The molecule has 0 aromatic rings. The normalized spacial score (nSPS) is 23.5. The summed E-state index contributed by atoms with van der Waals surface area (Å²) in [6, 6.07) is 0. The molecule has 0 spiro atoms. The summed E-state index contributed by atoms with van der Waals surface area (Å²) in [6.07, 6.45) is 0.632. The molecule has 2 heterocycles. The van der Waals surface area contributed by atoms with Crippen LogP contribution in [0.1, 0.15) is 27.2 Å². The van der Waals surface area contributed by atoms with Crippen molar-refractivity contribution in [3.05, 3.63) is 0 Å². The van der Waals surface area contributed by atoms with E-state index >= 15 is 0 Å². The van der Waals surface area contributed by atoms with Crippen LogP contribution in [0.15, 0.2) is 0 Å². The first-order valence-corrected chi connectivity index (χ1v) is 8.36. The van der Waals surface area contributed by atoms with E-state index in [2.05, 4.69) is 35.6 Å². The number of piperazine rings is 2. The quantitative estimate of drug-likeness (QED) is 0.759. The van der Waals surface area contributed by atoms with Crippen LogP contribution in [0.25, 0.3) is 0 Å². The number of nitrogens with zero attached hydrogens (tertiary/aromatic N) is 4. The molecule has 0 aromatic carbocycles. The van der Waals surface area contributed by atoms with E-state index < -0.39 is 0 Å². The second-order valence-electron chi connectivity index (χ2n) is 7.11. The minimum absolute atomic E-state index is 0.220. The fraction of sp³-hybridized carbons (Fsp3) is 0.938. The van der Waals surface area contributed by atoms with Crippen LogP contribution >= 0.6 is 0 Å². The Bertz CT molecular complexity index is 342. The molecule has 0 N–H and O–H groups in total. The van der Waals surface area contributed by atoms with Gasteiger partial charge in [0.05, 0.1) is 0 Å². The van der Waals surface area contributed by atoms with Crippen molar-refractivity contribution in [1.29, 1.82) is 0 Å². The standard InChI is InChI=1S/C16H32N4O/c1-5-15(21)19-10-8-18(9-11-19)14-16(2,3)20-12-6-17(4)7-13-20/h5-14H2,1-4H3. The molecule has 1 amide bonds. The topological polar surface area (TPSA) is 30.0 Å². The predicted molar refractivity (Wildman–Crippen MR) is 86.5 cm³/mol. The number of rotatable bonds is 4. The molecule has 2 saturated heterocycles. The Morgan fingerprint density at radius 1 is 0.952 bits per heavy atom. The molecule has 2 aliphatic rings. The molecule has 0 saturated carbocycles. The molecule has 2 rings (SSSR count). The van der Waals surface area contributed by atoms with Gasteiger partial charge in [0.15, 0.2) is 0 Å². The second kappa shape index (κ2) is 7.07. The highest BCUT2D eigenvalue weighted by Gasteiger charge is 2.32. The van der Waals surface area contributed by atoms with Crippen molar-refractivity contribution < 1.29 is 4.79 Å². The highest BCUT2D eigenvalue weighted by molar-refractivity contribution is 5.75. The Hall–Kier alpha value is -0.650. The third kappa shape index (κ3) is 4.41. The van der Waals surface area contributed by atoms with Gasteiger partial charge in [0.1, 0.15) is 0 Å². The largest absolute Gasteiger partial charge is 0.340 e. The zero-order valence-electron chi connectivity index (χ0n) is 14.3. The first kappa shape index (κ1) is 16.7. The van der Waals surface area contributed by atoms with Gasteiger partial charge in [-0.25, -0.2) is 0 Å². The fourth-order valence-electron chi connectivity index (χ4n) is 3.44. The lowest BCUT2D eigenvalue weighted by Crippen LogP contribution is -2.60. The Labute approximate surface area is 129 Å². The van der Waals surface area contributed by atoms with Gasteiger partial charge in [0.25, 0.3) is 0 Å². The van der Waals surface area contributed by atoms with Crippen LogP contribution in [0.4, 0.5) is 0 Å². The smallest absolute Gasteiger partial charge is 0.222 e. The third-order valence-electron chi connectivity index (χ3n) is 5.00. The molecule has 122 valence electrons. The van der Waals surface area contributed by atoms with E-state index in [4.69, 9.17) is 0 Å². The number of likely N-dealkylation sites (N-methyl/N-ethyl adjacent to an activating group) is 1. The van der Waals surface area contributed by atoms with Gasteiger partial charge < -0.3 is 9.80 Å². The Balaban J connectivity index is 1.80. The number of carbonyl (C=O) groups is 1. The van der Waals surface area contributed by atoms with Crippen LogP contribution in [0.3, 0.4) is 0 Å². The van der Waals surface area contributed by atoms with E-state index in [-0.39, 0.29) is 5.54 Å². The molecule has 0 aromatic heterocycles. The summed E-state index contributed by atoms with van der Waals surface area (Å²) < 4.78 is 0.